The maximum atomic E-state index is 11.1. The molecule has 0 aromatic heterocycles. The summed E-state index contributed by atoms with van der Waals surface area (Å²) >= 11 is 0. The fourth-order valence-corrected chi connectivity index (χ4v) is 1.65. The van der Waals surface area contributed by atoms with E-state index in [2.05, 4.69) is 30.8 Å². The number of hydrogen-bond acceptors (Lipinski definition) is 4. The van der Waals surface area contributed by atoms with E-state index in [0.717, 1.165) is 17.0 Å². The average Bonchev–Trinajstić information content (AvgIpc) is 2.34. The number of carbonyl (C=O) groups is 1. The summed E-state index contributed by atoms with van der Waals surface area (Å²) in [4.78, 5) is 11.1. The second-order valence-corrected chi connectivity index (χ2v) is 5.09. The molecule has 0 amide bonds. The molecule has 1 aromatic carbocycles. The Kier molecular flexibility index (Phi) is 4.59. The van der Waals surface area contributed by atoms with Crippen molar-refractivity contribution in [2.75, 3.05) is 26.1 Å². The van der Waals surface area contributed by atoms with E-state index in [-0.39, 0.29) is 17.9 Å². The van der Waals surface area contributed by atoms with E-state index in [1.54, 1.807) is 7.11 Å². The standard InChI is InChI=1S/C14H21NO3/c1-14(2,3)11-8-10(6-7-12(11)17-4)15-9-13(16)18-5/h6-8,15H,9H2,1-5H3. The van der Waals surface area contributed by atoms with Gasteiger partial charge in [0.05, 0.1) is 14.2 Å². The predicted molar refractivity (Wildman–Crippen MR) is 72.2 cm³/mol. The lowest BCUT2D eigenvalue weighted by Crippen LogP contribution is -2.17. The molecule has 1 aromatic rings. The summed E-state index contributed by atoms with van der Waals surface area (Å²) in [7, 11) is 3.03. The van der Waals surface area contributed by atoms with Gasteiger partial charge in [-0.25, -0.2) is 0 Å². The van der Waals surface area contributed by atoms with Crippen LogP contribution in [0.1, 0.15) is 26.3 Å². The quantitative estimate of drug-likeness (QED) is 0.835. The molecule has 0 saturated heterocycles. The molecule has 4 heteroatoms. The number of ether oxygens (including phenoxy) is 2. The molecular formula is C14H21NO3. The van der Waals surface area contributed by atoms with Crippen molar-refractivity contribution in [2.24, 2.45) is 0 Å². The fraction of sp³-hybridized carbons (Fsp3) is 0.500. The Morgan fingerprint density at radius 3 is 2.44 bits per heavy atom. The van der Waals surface area contributed by atoms with Crippen LogP contribution in [-0.4, -0.2) is 26.7 Å². The van der Waals surface area contributed by atoms with Gasteiger partial charge in [0.1, 0.15) is 12.3 Å². The number of carbonyl (C=O) groups excluding carboxylic acids is 1. The molecule has 0 aliphatic rings. The molecule has 0 atom stereocenters. The van der Waals surface area contributed by atoms with Gasteiger partial charge < -0.3 is 14.8 Å². The largest absolute Gasteiger partial charge is 0.496 e. The lowest BCUT2D eigenvalue weighted by molar-refractivity contribution is -0.138. The second kappa shape index (κ2) is 5.76. The van der Waals surface area contributed by atoms with Gasteiger partial charge in [-0.05, 0) is 23.6 Å². The zero-order chi connectivity index (χ0) is 13.8. The normalized spacial score (nSPS) is 10.9. The van der Waals surface area contributed by atoms with Crippen LogP contribution >= 0.6 is 0 Å². The van der Waals surface area contributed by atoms with Crippen molar-refractivity contribution in [1.82, 2.24) is 0 Å². The zero-order valence-corrected chi connectivity index (χ0v) is 11.7. The predicted octanol–water partition coefficient (Wildman–Crippen LogP) is 2.58. The minimum absolute atomic E-state index is 0.0195. The minimum Gasteiger partial charge on any atom is -0.496 e. The average molecular weight is 251 g/mol. The van der Waals surface area contributed by atoms with E-state index in [4.69, 9.17) is 4.74 Å². The molecule has 0 fully saturated rings. The summed E-state index contributed by atoms with van der Waals surface area (Å²) in [5.41, 5.74) is 1.96. The lowest BCUT2D eigenvalue weighted by Gasteiger charge is -2.23. The van der Waals surface area contributed by atoms with Crippen LogP contribution < -0.4 is 10.1 Å². The van der Waals surface area contributed by atoms with Gasteiger partial charge in [0, 0.05) is 11.3 Å². The van der Waals surface area contributed by atoms with Crippen molar-refractivity contribution in [1.29, 1.82) is 0 Å². The molecule has 4 nitrogen and oxygen atoms in total. The molecular weight excluding hydrogens is 230 g/mol. The topological polar surface area (TPSA) is 47.6 Å². The number of rotatable bonds is 4. The summed E-state index contributed by atoms with van der Waals surface area (Å²) in [5.74, 6) is 0.564. The molecule has 0 aliphatic heterocycles. The van der Waals surface area contributed by atoms with Crippen molar-refractivity contribution in [3.8, 4) is 5.75 Å². The van der Waals surface area contributed by atoms with Gasteiger partial charge in [-0.2, -0.15) is 0 Å². The summed E-state index contributed by atoms with van der Waals surface area (Å²) in [6, 6.07) is 5.79. The maximum absolute atomic E-state index is 11.1. The molecule has 18 heavy (non-hydrogen) atoms. The Morgan fingerprint density at radius 2 is 1.94 bits per heavy atom. The van der Waals surface area contributed by atoms with Gasteiger partial charge in [0.2, 0.25) is 0 Å². The highest BCUT2D eigenvalue weighted by molar-refractivity contribution is 5.75. The molecule has 0 aliphatic carbocycles. The molecule has 1 N–H and O–H groups in total. The van der Waals surface area contributed by atoms with Crippen LogP contribution in [0.15, 0.2) is 18.2 Å². The third-order valence-electron chi connectivity index (χ3n) is 2.67. The van der Waals surface area contributed by atoms with Crippen LogP contribution in [-0.2, 0) is 14.9 Å². The number of esters is 1. The van der Waals surface area contributed by atoms with Gasteiger partial charge in [-0.3, -0.25) is 4.79 Å². The first-order valence-electron chi connectivity index (χ1n) is 5.87. The first-order valence-corrected chi connectivity index (χ1v) is 5.87. The molecule has 0 bridgehead atoms. The van der Waals surface area contributed by atoms with Crippen molar-refractivity contribution in [3.63, 3.8) is 0 Å². The highest BCUT2D eigenvalue weighted by Gasteiger charge is 2.19. The number of benzene rings is 1. The lowest BCUT2D eigenvalue weighted by atomic mass is 9.86. The van der Waals surface area contributed by atoms with Gasteiger partial charge >= 0.3 is 5.97 Å². The molecule has 0 spiro atoms. The summed E-state index contributed by atoms with van der Waals surface area (Å²) in [6.45, 7) is 6.52. The third-order valence-corrected chi connectivity index (χ3v) is 2.67. The van der Waals surface area contributed by atoms with E-state index in [1.807, 2.05) is 18.2 Å². The van der Waals surface area contributed by atoms with Crippen molar-refractivity contribution in [2.45, 2.75) is 26.2 Å². The summed E-state index contributed by atoms with van der Waals surface area (Å²) in [6.07, 6.45) is 0. The zero-order valence-electron chi connectivity index (χ0n) is 11.7. The van der Waals surface area contributed by atoms with E-state index in [1.165, 1.54) is 7.11 Å². The van der Waals surface area contributed by atoms with Gasteiger partial charge in [-0.15, -0.1) is 0 Å². The van der Waals surface area contributed by atoms with Crippen molar-refractivity contribution in [3.05, 3.63) is 23.8 Å². The SMILES string of the molecule is COC(=O)CNc1ccc(OC)c(C(C)(C)C)c1. The van der Waals surface area contributed by atoms with Gasteiger partial charge in [-0.1, -0.05) is 20.8 Å². The molecule has 1 rings (SSSR count). The Balaban J connectivity index is 2.93. The van der Waals surface area contributed by atoms with E-state index in [0.29, 0.717) is 0 Å². The van der Waals surface area contributed by atoms with Crippen molar-refractivity contribution >= 4 is 11.7 Å². The highest BCUT2D eigenvalue weighted by atomic mass is 16.5. The Hall–Kier alpha value is -1.71. The van der Waals surface area contributed by atoms with Crippen LogP contribution in [0.3, 0.4) is 0 Å². The second-order valence-electron chi connectivity index (χ2n) is 5.09. The Bertz CT molecular complexity index is 422. The monoisotopic (exact) mass is 251 g/mol. The van der Waals surface area contributed by atoms with Gasteiger partial charge in [0.15, 0.2) is 0 Å². The van der Waals surface area contributed by atoms with E-state index in [9.17, 15) is 4.79 Å². The first kappa shape index (κ1) is 14.4. The number of nitrogens with one attached hydrogen (secondary N) is 1. The number of hydrogen-bond donors (Lipinski definition) is 1. The van der Waals surface area contributed by atoms with Crippen LogP contribution in [0.4, 0.5) is 5.69 Å². The smallest absolute Gasteiger partial charge is 0.325 e. The molecule has 0 heterocycles. The van der Waals surface area contributed by atoms with Crippen LogP contribution in [0, 0.1) is 0 Å². The van der Waals surface area contributed by atoms with Crippen LogP contribution in [0.2, 0.25) is 0 Å². The number of methoxy groups -OCH3 is 2. The Morgan fingerprint density at radius 1 is 1.28 bits per heavy atom. The Labute approximate surface area is 108 Å². The summed E-state index contributed by atoms with van der Waals surface area (Å²) < 4.78 is 9.94. The minimum atomic E-state index is -0.289. The van der Waals surface area contributed by atoms with E-state index >= 15 is 0 Å². The highest BCUT2D eigenvalue weighted by Crippen LogP contribution is 2.33. The number of anilines is 1. The van der Waals surface area contributed by atoms with E-state index < -0.39 is 0 Å². The molecule has 0 radical (unpaired) electrons. The van der Waals surface area contributed by atoms with Crippen molar-refractivity contribution < 1.29 is 14.3 Å². The molecule has 0 saturated carbocycles. The fourth-order valence-electron chi connectivity index (χ4n) is 1.65. The maximum Gasteiger partial charge on any atom is 0.325 e. The van der Waals surface area contributed by atoms with Crippen LogP contribution in [0.5, 0.6) is 5.75 Å². The molecule has 0 unspecified atom stereocenters. The third kappa shape index (κ3) is 3.65. The van der Waals surface area contributed by atoms with Crippen LogP contribution in [0.25, 0.3) is 0 Å². The first-order chi connectivity index (χ1) is 8.38. The summed E-state index contributed by atoms with van der Waals surface area (Å²) in [5, 5.41) is 3.03. The molecule has 100 valence electrons. The van der Waals surface area contributed by atoms with Gasteiger partial charge in [0.25, 0.3) is 0 Å².